The fraction of sp³-hybridized carbons (Fsp3) is 0.478. The van der Waals surface area contributed by atoms with Crippen molar-refractivity contribution in [2.24, 2.45) is 11.8 Å². The highest BCUT2D eigenvalue weighted by Gasteiger charge is 2.34. The summed E-state index contributed by atoms with van der Waals surface area (Å²) in [6.07, 6.45) is 0.182. The predicted molar refractivity (Wildman–Crippen MR) is 116 cm³/mol. The summed E-state index contributed by atoms with van der Waals surface area (Å²) in [5.74, 6) is -2.46. The van der Waals surface area contributed by atoms with Crippen LogP contribution in [0.25, 0.3) is 0 Å². The topological polar surface area (TPSA) is 140 Å². The molecule has 0 aliphatic carbocycles. The molecule has 3 rings (SSSR count). The fourth-order valence-corrected chi connectivity index (χ4v) is 3.67. The molecule has 1 aliphatic rings. The molecule has 2 aromatic rings. The van der Waals surface area contributed by atoms with E-state index < -0.39 is 29.7 Å². The maximum Gasteiger partial charge on any atom is 0.408 e. The number of aromatic nitrogens is 2. The highest BCUT2D eigenvalue weighted by Crippen LogP contribution is 2.20. The zero-order valence-corrected chi connectivity index (χ0v) is 18.7. The Morgan fingerprint density at radius 2 is 2.00 bits per heavy atom. The number of Topliss-reactive ketones (excluding diaryl/α,β-unsaturated/α-hetero) is 2. The smallest absolute Gasteiger partial charge is 0.408 e. The molecule has 0 bridgehead atoms. The number of nitrogens with zero attached hydrogens (tertiary/aromatic N) is 2. The van der Waals surface area contributed by atoms with Crippen molar-refractivity contribution in [2.45, 2.75) is 52.2 Å². The van der Waals surface area contributed by atoms with E-state index in [0.29, 0.717) is 30.8 Å². The Hall–Kier alpha value is -3.56. The lowest BCUT2D eigenvalue weighted by atomic mass is 9.86. The number of carbonyl (C=O) groups is 4. The molecule has 0 radical (unpaired) electrons. The van der Waals surface area contributed by atoms with E-state index in [1.807, 2.05) is 30.3 Å². The Bertz CT molecular complexity index is 988. The van der Waals surface area contributed by atoms with Crippen LogP contribution in [0.1, 0.15) is 43.7 Å². The van der Waals surface area contributed by atoms with Crippen LogP contribution in [-0.4, -0.2) is 46.5 Å². The summed E-state index contributed by atoms with van der Waals surface area (Å²) >= 11 is 0. The van der Waals surface area contributed by atoms with Crippen LogP contribution in [0.2, 0.25) is 0 Å². The van der Waals surface area contributed by atoms with Gasteiger partial charge < -0.3 is 19.9 Å². The number of nitrogens with one attached hydrogen (secondary N) is 2. The standard InChI is InChI=1S/C23H28N4O6/c1-14(2)20(25-23(31)32-13-15-7-4-3-5-8-15)18(28)12-16-11-17-19(33-27-26-17)9-6-10-24-22(30)21(16)29/h3-5,7-8,14,16,20H,6,9-13H2,1-2H3,(H,24,30)(H,25,31). The van der Waals surface area contributed by atoms with Gasteiger partial charge in [0.05, 0.1) is 6.04 Å². The van der Waals surface area contributed by atoms with Gasteiger partial charge in [-0.15, -0.1) is 5.10 Å². The first-order chi connectivity index (χ1) is 15.8. The minimum Gasteiger partial charge on any atom is -0.445 e. The van der Waals surface area contributed by atoms with Crippen LogP contribution in [0.3, 0.4) is 0 Å². The van der Waals surface area contributed by atoms with Gasteiger partial charge in [0.25, 0.3) is 5.91 Å². The third-order valence-electron chi connectivity index (χ3n) is 5.48. The first-order valence-electron chi connectivity index (χ1n) is 11.0. The van der Waals surface area contributed by atoms with E-state index in [9.17, 15) is 19.2 Å². The van der Waals surface area contributed by atoms with E-state index in [2.05, 4.69) is 21.0 Å². The SMILES string of the molecule is CC(C)C(NC(=O)OCc1ccccc1)C(=O)CC1Cc2nnoc2CCCNC(=O)C1=O. The van der Waals surface area contributed by atoms with Gasteiger partial charge in [-0.1, -0.05) is 44.2 Å². The summed E-state index contributed by atoms with van der Waals surface area (Å²) in [4.78, 5) is 50.4. The van der Waals surface area contributed by atoms with E-state index in [0.717, 1.165) is 5.56 Å². The Morgan fingerprint density at radius 1 is 1.24 bits per heavy atom. The molecule has 0 spiro atoms. The van der Waals surface area contributed by atoms with Gasteiger partial charge >= 0.3 is 6.09 Å². The molecule has 33 heavy (non-hydrogen) atoms. The second kappa shape index (κ2) is 11.3. The third kappa shape index (κ3) is 6.71. The van der Waals surface area contributed by atoms with Crippen LogP contribution in [0.15, 0.2) is 34.9 Å². The molecule has 2 heterocycles. The summed E-state index contributed by atoms with van der Waals surface area (Å²) in [7, 11) is 0. The van der Waals surface area contributed by atoms with Gasteiger partial charge in [-0.2, -0.15) is 0 Å². The summed E-state index contributed by atoms with van der Waals surface area (Å²) < 4.78 is 10.4. The fourth-order valence-electron chi connectivity index (χ4n) is 3.67. The zero-order chi connectivity index (χ0) is 23.8. The van der Waals surface area contributed by atoms with Crippen LogP contribution < -0.4 is 10.6 Å². The summed E-state index contributed by atoms with van der Waals surface area (Å²) in [5.41, 5.74) is 1.28. The summed E-state index contributed by atoms with van der Waals surface area (Å²) in [6.45, 7) is 3.92. The highest BCUT2D eigenvalue weighted by atomic mass is 16.5. The van der Waals surface area contributed by atoms with Gasteiger partial charge in [-0.25, -0.2) is 4.79 Å². The lowest BCUT2D eigenvalue weighted by Gasteiger charge is -2.23. The van der Waals surface area contributed by atoms with Crippen LogP contribution in [-0.2, 0) is 38.6 Å². The Balaban J connectivity index is 1.67. The Morgan fingerprint density at radius 3 is 2.73 bits per heavy atom. The van der Waals surface area contributed by atoms with Gasteiger partial charge in [0.1, 0.15) is 12.3 Å². The van der Waals surface area contributed by atoms with Crippen LogP contribution in [0.5, 0.6) is 0 Å². The molecule has 2 atom stereocenters. The molecular formula is C23H28N4O6. The van der Waals surface area contributed by atoms with E-state index >= 15 is 0 Å². The lowest BCUT2D eigenvalue weighted by molar-refractivity contribution is -0.141. The highest BCUT2D eigenvalue weighted by molar-refractivity contribution is 6.37. The van der Waals surface area contributed by atoms with Crippen LogP contribution in [0, 0.1) is 11.8 Å². The average Bonchev–Trinajstić information content (AvgIpc) is 3.24. The van der Waals surface area contributed by atoms with Crippen molar-refractivity contribution < 1.29 is 28.4 Å². The minimum absolute atomic E-state index is 0.0557. The molecule has 1 aromatic heterocycles. The molecule has 0 fully saturated rings. The second-order valence-electron chi connectivity index (χ2n) is 8.37. The van der Waals surface area contributed by atoms with Crippen molar-refractivity contribution in [1.29, 1.82) is 0 Å². The molecule has 2 unspecified atom stereocenters. The van der Waals surface area contributed by atoms with E-state index in [1.165, 1.54) is 0 Å². The molecular weight excluding hydrogens is 428 g/mol. The van der Waals surface area contributed by atoms with Gasteiger partial charge in [-0.05, 0) is 17.9 Å². The van der Waals surface area contributed by atoms with Gasteiger partial charge in [0, 0.05) is 37.0 Å². The van der Waals surface area contributed by atoms with Gasteiger partial charge in [-0.3, -0.25) is 14.4 Å². The molecule has 2 N–H and O–H groups in total. The number of benzene rings is 1. The molecule has 10 nitrogen and oxygen atoms in total. The maximum absolute atomic E-state index is 13.1. The molecule has 0 saturated carbocycles. The van der Waals surface area contributed by atoms with Crippen LogP contribution in [0.4, 0.5) is 4.79 Å². The van der Waals surface area contributed by atoms with Crippen molar-refractivity contribution in [2.75, 3.05) is 6.54 Å². The van der Waals surface area contributed by atoms with Gasteiger partial charge in [0.2, 0.25) is 5.78 Å². The monoisotopic (exact) mass is 456 g/mol. The molecule has 10 heteroatoms. The number of amides is 2. The van der Waals surface area contributed by atoms with E-state index in [-0.39, 0.29) is 31.1 Å². The van der Waals surface area contributed by atoms with E-state index in [4.69, 9.17) is 9.26 Å². The number of carbonyl (C=O) groups excluding carboxylic acids is 4. The molecule has 0 saturated heterocycles. The number of ether oxygens (including phenoxy) is 1. The maximum atomic E-state index is 13.1. The second-order valence-corrected chi connectivity index (χ2v) is 8.37. The number of aryl methyl sites for hydroxylation is 1. The zero-order valence-electron chi connectivity index (χ0n) is 18.7. The lowest BCUT2D eigenvalue weighted by Crippen LogP contribution is -2.46. The van der Waals surface area contributed by atoms with Crippen molar-refractivity contribution in [1.82, 2.24) is 21.0 Å². The Kier molecular flexibility index (Phi) is 8.28. The largest absolute Gasteiger partial charge is 0.445 e. The third-order valence-corrected chi connectivity index (χ3v) is 5.48. The summed E-state index contributed by atoms with van der Waals surface area (Å²) in [6, 6.07) is 8.28. The van der Waals surface area contributed by atoms with E-state index in [1.54, 1.807) is 13.8 Å². The van der Waals surface area contributed by atoms with Crippen LogP contribution >= 0.6 is 0 Å². The van der Waals surface area contributed by atoms with Crippen molar-refractivity contribution in [3.8, 4) is 0 Å². The number of hydrogen-bond acceptors (Lipinski definition) is 8. The molecule has 1 aliphatic heterocycles. The number of alkyl carbamates (subject to hydrolysis) is 1. The number of ketones is 2. The van der Waals surface area contributed by atoms with Crippen molar-refractivity contribution in [3.05, 3.63) is 47.3 Å². The quantitative estimate of drug-likeness (QED) is 0.601. The first kappa shape index (κ1) is 24.1. The van der Waals surface area contributed by atoms with Crippen molar-refractivity contribution >= 4 is 23.6 Å². The number of fused-ring (bicyclic) bond motifs is 1. The molecule has 176 valence electrons. The van der Waals surface area contributed by atoms with Gasteiger partial charge in [0.15, 0.2) is 11.5 Å². The minimum atomic E-state index is -0.940. The molecule has 1 aromatic carbocycles. The summed E-state index contributed by atoms with van der Waals surface area (Å²) in [5, 5.41) is 12.7. The number of hydrogen-bond donors (Lipinski definition) is 2. The predicted octanol–water partition coefficient (Wildman–Crippen LogP) is 1.77. The number of rotatable bonds is 7. The Labute approximate surface area is 191 Å². The van der Waals surface area contributed by atoms with Crippen molar-refractivity contribution in [3.63, 3.8) is 0 Å². The normalized spacial score (nSPS) is 17.6. The first-order valence-corrected chi connectivity index (χ1v) is 11.0. The molecule has 2 amide bonds. The average molecular weight is 456 g/mol.